The Kier molecular flexibility index (Phi) is 5.56. The fraction of sp³-hybridized carbons (Fsp3) is 0.185. The summed E-state index contributed by atoms with van der Waals surface area (Å²) < 4.78 is 12.5. The summed E-state index contributed by atoms with van der Waals surface area (Å²) in [5.74, 6) is 0.299. The van der Waals surface area contributed by atoms with Gasteiger partial charge in [-0.25, -0.2) is 4.79 Å². The molecule has 2 aromatic carbocycles. The van der Waals surface area contributed by atoms with Gasteiger partial charge in [-0.1, -0.05) is 41.6 Å². The summed E-state index contributed by atoms with van der Waals surface area (Å²) in [7, 11) is 1.58. The van der Waals surface area contributed by atoms with Crippen LogP contribution in [-0.4, -0.2) is 14.7 Å². The fourth-order valence-corrected chi connectivity index (χ4v) is 4.26. The minimum atomic E-state index is -0.570. The van der Waals surface area contributed by atoms with Crippen LogP contribution in [0, 0.1) is 13.8 Å². The Labute approximate surface area is 200 Å². The van der Waals surface area contributed by atoms with Crippen molar-refractivity contribution in [3.8, 4) is 22.8 Å². The zero-order chi connectivity index (χ0) is 24.7. The van der Waals surface area contributed by atoms with Gasteiger partial charge in [0.2, 0.25) is 5.82 Å². The van der Waals surface area contributed by atoms with Crippen LogP contribution in [0.15, 0.2) is 79.3 Å². The number of nitrogens with one attached hydrogen (secondary N) is 1. The van der Waals surface area contributed by atoms with Crippen molar-refractivity contribution in [1.82, 2.24) is 14.7 Å². The molecule has 3 aromatic heterocycles. The number of aryl methyl sites for hydroxylation is 1. The van der Waals surface area contributed by atoms with Crippen molar-refractivity contribution >= 4 is 16.7 Å². The number of pyridine rings is 1. The lowest BCUT2D eigenvalue weighted by Crippen LogP contribution is -2.14. The van der Waals surface area contributed by atoms with Gasteiger partial charge in [0.1, 0.15) is 17.0 Å². The number of rotatable bonds is 5. The summed E-state index contributed by atoms with van der Waals surface area (Å²) in [5, 5.41) is 7.86. The maximum atomic E-state index is 13.3. The first-order valence-corrected chi connectivity index (χ1v) is 11.2. The number of aromatic nitrogens is 3. The Bertz CT molecular complexity index is 1660. The molecule has 1 atom stereocenters. The van der Waals surface area contributed by atoms with Gasteiger partial charge in [-0.05, 0) is 44.5 Å². The lowest BCUT2D eigenvalue weighted by molar-refractivity contribution is 0.380. The van der Waals surface area contributed by atoms with Crippen LogP contribution in [-0.2, 0) is 7.05 Å². The highest BCUT2D eigenvalue weighted by molar-refractivity contribution is 5.85. The van der Waals surface area contributed by atoms with Crippen molar-refractivity contribution in [3.63, 3.8) is 0 Å². The third-order valence-corrected chi connectivity index (χ3v) is 6.09. The second kappa shape index (κ2) is 8.72. The van der Waals surface area contributed by atoms with Crippen LogP contribution < -0.4 is 16.5 Å². The first-order valence-electron chi connectivity index (χ1n) is 11.2. The van der Waals surface area contributed by atoms with Crippen LogP contribution >= 0.6 is 0 Å². The zero-order valence-corrected chi connectivity index (χ0v) is 19.8. The SMILES string of the molecule is Cc1cc(C(C)Nc2cccnc2-c2noc(=O)n2C)c2oc(-c3ccccc3)c(C)c(=O)c2c1. The predicted molar refractivity (Wildman–Crippen MR) is 134 cm³/mol. The van der Waals surface area contributed by atoms with Crippen LogP contribution in [0.3, 0.4) is 0 Å². The molecule has 0 saturated carbocycles. The lowest BCUT2D eigenvalue weighted by Gasteiger charge is -2.20. The van der Waals surface area contributed by atoms with E-state index in [0.29, 0.717) is 39.5 Å². The Morgan fingerprint density at radius 3 is 2.51 bits per heavy atom. The molecule has 0 aliphatic carbocycles. The van der Waals surface area contributed by atoms with Gasteiger partial charge < -0.3 is 9.73 Å². The summed E-state index contributed by atoms with van der Waals surface area (Å²) in [6.07, 6.45) is 1.63. The second-order valence-corrected chi connectivity index (χ2v) is 8.58. The Morgan fingerprint density at radius 2 is 1.80 bits per heavy atom. The van der Waals surface area contributed by atoms with Crippen molar-refractivity contribution in [2.75, 3.05) is 5.32 Å². The van der Waals surface area contributed by atoms with Crippen molar-refractivity contribution in [1.29, 1.82) is 0 Å². The van der Waals surface area contributed by atoms with Crippen molar-refractivity contribution in [3.05, 3.63) is 98.3 Å². The van der Waals surface area contributed by atoms with Gasteiger partial charge in [0.25, 0.3) is 0 Å². The minimum absolute atomic E-state index is 0.0538. The van der Waals surface area contributed by atoms with E-state index in [9.17, 15) is 9.59 Å². The van der Waals surface area contributed by atoms with Crippen LogP contribution in [0.1, 0.15) is 29.7 Å². The van der Waals surface area contributed by atoms with E-state index >= 15 is 0 Å². The van der Waals surface area contributed by atoms with E-state index < -0.39 is 5.76 Å². The predicted octanol–water partition coefficient (Wildman–Crippen LogP) is 5.00. The molecule has 5 aromatic rings. The van der Waals surface area contributed by atoms with Crippen LogP contribution in [0.25, 0.3) is 33.8 Å². The highest BCUT2D eigenvalue weighted by Gasteiger charge is 2.21. The van der Waals surface area contributed by atoms with Crippen molar-refractivity contribution in [2.45, 2.75) is 26.8 Å². The normalized spacial score (nSPS) is 12.1. The highest BCUT2D eigenvalue weighted by atomic mass is 16.5. The Hall–Kier alpha value is -4.46. The van der Waals surface area contributed by atoms with Crippen molar-refractivity contribution < 1.29 is 8.94 Å². The summed E-state index contributed by atoms with van der Waals surface area (Å²) in [6, 6.07) is 16.9. The lowest BCUT2D eigenvalue weighted by atomic mass is 9.98. The molecule has 0 radical (unpaired) electrons. The van der Waals surface area contributed by atoms with Gasteiger partial charge in [-0.2, -0.15) is 0 Å². The fourth-order valence-electron chi connectivity index (χ4n) is 4.26. The molecule has 3 heterocycles. The number of anilines is 1. The number of fused-ring (bicyclic) bond motifs is 1. The summed E-state index contributed by atoms with van der Waals surface area (Å²) >= 11 is 0. The quantitative estimate of drug-likeness (QED) is 0.387. The molecule has 0 fully saturated rings. The summed E-state index contributed by atoms with van der Waals surface area (Å²) in [6.45, 7) is 5.73. The van der Waals surface area contributed by atoms with E-state index in [0.717, 1.165) is 16.7 Å². The molecule has 0 aliphatic rings. The van der Waals surface area contributed by atoms with E-state index in [2.05, 4.69) is 15.5 Å². The first kappa shape index (κ1) is 22.3. The van der Waals surface area contributed by atoms with E-state index in [1.807, 2.05) is 62.4 Å². The molecule has 1 unspecified atom stereocenters. The average Bonchev–Trinajstić information content (AvgIpc) is 3.20. The molecule has 0 amide bonds. The largest absolute Gasteiger partial charge is 0.455 e. The molecule has 1 N–H and O–H groups in total. The van der Waals surface area contributed by atoms with Gasteiger partial charge in [0.15, 0.2) is 5.43 Å². The van der Waals surface area contributed by atoms with E-state index in [1.165, 1.54) is 4.57 Å². The number of benzene rings is 2. The topological polar surface area (TPSA) is 103 Å². The van der Waals surface area contributed by atoms with Crippen molar-refractivity contribution in [2.24, 2.45) is 7.05 Å². The molecule has 0 bridgehead atoms. The maximum absolute atomic E-state index is 13.3. The smallest absolute Gasteiger partial charge is 0.441 e. The van der Waals surface area contributed by atoms with Crippen LogP contribution in [0.5, 0.6) is 0 Å². The molecular formula is C27H24N4O4. The molecule has 0 aliphatic heterocycles. The van der Waals surface area contributed by atoms with Crippen LogP contribution in [0.2, 0.25) is 0 Å². The molecule has 35 heavy (non-hydrogen) atoms. The number of hydrogen-bond acceptors (Lipinski definition) is 7. The molecule has 176 valence electrons. The number of hydrogen-bond donors (Lipinski definition) is 1. The minimum Gasteiger partial charge on any atom is -0.455 e. The molecule has 8 heteroatoms. The van der Waals surface area contributed by atoms with Gasteiger partial charge in [-0.3, -0.25) is 18.9 Å². The van der Waals surface area contributed by atoms with Gasteiger partial charge >= 0.3 is 5.76 Å². The zero-order valence-electron chi connectivity index (χ0n) is 19.8. The Morgan fingerprint density at radius 1 is 1.03 bits per heavy atom. The van der Waals surface area contributed by atoms with E-state index in [-0.39, 0.29) is 11.5 Å². The Balaban J connectivity index is 1.64. The number of nitrogens with zero attached hydrogens (tertiary/aromatic N) is 3. The van der Waals surface area contributed by atoms with E-state index in [1.54, 1.807) is 26.2 Å². The molecular weight excluding hydrogens is 444 g/mol. The van der Waals surface area contributed by atoms with Crippen LogP contribution in [0.4, 0.5) is 5.69 Å². The van der Waals surface area contributed by atoms with Gasteiger partial charge in [0, 0.05) is 29.9 Å². The van der Waals surface area contributed by atoms with Gasteiger partial charge in [-0.15, -0.1) is 0 Å². The summed E-state index contributed by atoms with van der Waals surface area (Å²) in [4.78, 5) is 29.6. The first-order chi connectivity index (χ1) is 16.8. The molecule has 5 rings (SSSR count). The van der Waals surface area contributed by atoms with E-state index in [4.69, 9.17) is 8.94 Å². The monoisotopic (exact) mass is 468 g/mol. The summed E-state index contributed by atoms with van der Waals surface area (Å²) in [5.41, 5.74) is 4.82. The second-order valence-electron chi connectivity index (χ2n) is 8.58. The molecule has 0 saturated heterocycles. The molecule has 0 spiro atoms. The third-order valence-electron chi connectivity index (χ3n) is 6.09. The standard InChI is InChI=1S/C27H24N4O4/c1-15-13-19(17(3)29-21-11-8-12-28-22(21)26-30-35-27(33)31(26)4)25-20(14-15)23(32)16(2)24(34-25)18-9-6-5-7-10-18/h5-14,17,29H,1-4H3. The van der Waals surface area contributed by atoms with Gasteiger partial charge in [0.05, 0.1) is 17.1 Å². The highest BCUT2D eigenvalue weighted by Crippen LogP contribution is 2.33. The third kappa shape index (κ3) is 3.93. The molecule has 8 nitrogen and oxygen atoms in total. The average molecular weight is 469 g/mol. The maximum Gasteiger partial charge on any atom is 0.441 e.